The number of oxazole rings is 3. The number of isothiocyanates is 1. The fourth-order valence-electron chi connectivity index (χ4n) is 14.0. The number of hydrogen-bond donors (Lipinski definition) is 8. The molecule has 0 spiro atoms. The molecule has 18 rings (SSSR count). The van der Waals surface area contributed by atoms with Gasteiger partial charge in [-0.05, 0) is 101 Å². The summed E-state index contributed by atoms with van der Waals surface area (Å²) in [6.07, 6.45) is 7.00. The standard InChI is InChI=1S/C27H24N4O5S2.2C27H22N4O4S.C18H13N3O2S2.CH4/c32-16-19-5-4-8-21(13-19)25-15-28-27(36-25)30-23(14-18-9-11-22(12-10-18)31-38(33,34)35)24-17-37-26(29-24)20-6-2-1-3-7-20;2*32-16-19-5-4-8-21(13-19)25-15-28-27(35-25)30-23(14-18-9-11-22(12-10-18)31(33)34)24-17-36-26(29-24)20-6-2-1-3-7-20;22-21(23)15-8-6-13(7-9-15)10-16(19-12-24)17-11-25-18(20-17)14-4-2-1-3-5-14;/h1-13,15,17,23,31-32H,14,16H2,(H,28,30)(H,33,34,35);2*1-13,15,17,23,32H,14,16H2,(H,28,30);1-9,11,16H,10H2;1H4/t3*23-;16-;/m0000./s1. The molecule has 0 saturated carbocycles. The van der Waals surface area contributed by atoms with E-state index in [2.05, 4.69) is 46.0 Å². The summed E-state index contributed by atoms with van der Waals surface area (Å²) in [4.78, 5) is 68.3. The quantitative estimate of drug-likeness (QED) is 0.00610. The van der Waals surface area contributed by atoms with Crippen LogP contribution in [0, 0.1) is 30.3 Å². The Kier molecular flexibility index (Phi) is 33.2. The summed E-state index contributed by atoms with van der Waals surface area (Å²) >= 11 is 11.0. The van der Waals surface area contributed by atoms with Crippen molar-refractivity contribution < 1.29 is 56.3 Å². The van der Waals surface area contributed by atoms with E-state index < -0.39 is 25.1 Å². The Bertz CT molecular complexity index is 6920. The van der Waals surface area contributed by atoms with E-state index in [9.17, 15) is 54.1 Å². The number of anilines is 4. The zero-order valence-electron chi connectivity index (χ0n) is 71.2. The smallest absolute Gasteiger partial charge is 0.357 e. The van der Waals surface area contributed by atoms with E-state index in [1.54, 1.807) is 113 Å². The highest BCUT2D eigenvalue weighted by molar-refractivity contribution is 7.87. The number of nitro benzene ring substituents is 3. The lowest BCUT2D eigenvalue weighted by Crippen LogP contribution is -2.15. The van der Waals surface area contributed by atoms with Crippen LogP contribution in [0.2, 0.25) is 0 Å². The maximum absolute atomic E-state index is 11.1. The molecule has 0 bridgehead atoms. The molecular weight excluding hydrogens is 1840 g/mol. The number of nitrogens with one attached hydrogen (secondary N) is 4. The van der Waals surface area contributed by atoms with Crippen LogP contribution in [0.5, 0.6) is 0 Å². The highest BCUT2D eigenvalue weighted by Gasteiger charge is 2.26. The number of aliphatic hydroxyl groups is 3. The van der Waals surface area contributed by atoms with E-state index in [0.29, 0.717) is 61.0 Å². The Hall–Kier alpha value is -15.4. The van der Waals surface area contributed by atoms with Crippen LogP contribution in [-0.4, -0.2) is 83.1 Å². The Morgan fingerprint density at radius 1 is 0.368 bits per heavy atom. The number of non-ortho nitro benzene ring substituents is 3. The van der Waals surface area contributed by atoms with Gasteiger partial charge in [0.2, 0.25) is 0 Å². The molecule has 30 nitrogen and oxygen atoms in total. The van der Waals surface area contributed by atoms with E-state index in [0.717, 1.165) is 121 Å². The van der Waals surface area contributed by atoms with Gasteiger partial charge in [0.25, 0.3) is 35.1 Å². The van der Waals surface area contributed by atoms with Crippen LogP contribution in [0.3, 0.4) is 0 Å². The Balaban J connectivity index is 0.000000146. The third-order valence-corrected chi connectivity index (χ3v) is 25.0. The minimum Gasteiger partial charge on any atom is -0.424 e. The molecule has 136 heavy (non-hydrogen) atoms. The number of thiazole rings is 4. The molecule has 7 aromatic heterocycles. The zero-order chi connectivity index (χ0) is 94.0. The summed E-state index contributed by atoms with van der Waals surface area (Å²) in [5.74, 6) is 1.71. The summed E-state index contributed by atoms with van der Waals surface area (Å²) in [7, 11) is -4.35. The van der Waals surface area contributed by atoms with Crippen LogP contribution in [-0.2, 0) is 55.8 Å². The van der Waals surface area contributed by atoms with Crippen LogP contribution >= 0.6 is 57.6 Å². The fraction of sp³-hybridized carbons (Fsp3) is 0.120. The Morgan fingerprint density at radius 2 is 0.640 bits per heavy atom. The molecule has 0 aliphatic carbocycles. The number of nitrogens with zero attached hydrogens (tertiary/aromatic N) is 11. The number of aliphatic imine (C=N–C) groups is 1. The average molecular weight is 1930 g/mol. The third-order valence-electron chi connectivity index (χ3n) is 20.8. The number of benzene rings is 11. The summed E-state index contributed by atoms with van der Waals surface area (Å²) in [5.41, 5.74) is 16.2. The van der Waals surface area contributed by atoms with Crippen molar-refractivity contribution in [2.75, 3.05) is 20.7 Å². The largest absolute Gasteiger partial charge is 0.424 e. The van der Waals surface area contributed by atoms with Crippen molar-refractivity contribution >= 4 is 114 Å². The van der Waals surface area contributed by atoms with Gasteiger partial charge in [-0.25, -0.2) is 39.9 Å². The molecular formula is C100H85N15O15S6. The molecule has 0 amide bonds. The van der Waals surface area contributed by atoms with E-state index in [4.69, 9.17) is 45.0 Å². The minimum atomic E-state index is -4.35. The van der Waals surface area contributed by atoms with E-state index >= 15 is 0 Å². The minimum absolute atomic E-state index is 0. The maximum Gasteiger partial charge on any atom is 0.357 e. The maximum atomic E-state index is 11.1. The van der Waals surface area contributed by atoms with Crippen LogP contribution in [0.25, 0.3) is 76.3 Å². The van der Waals surface area contributed by atoms with Gasteiger partial charge in [0.1, 0.15) is 26.1 Å². The first kappa shape index (κ1) is 96.6. The molecule has 4 atom stereocenters. The number of thiocarbonyl (C=S) groups is 1. The summed E-state index contributed by atoms with van der Waals surface area (Å²) in [6.45, 7) is -0.183. The van der Waals surface area contributed by atoms with Crippen LogP contribution in [0.1, 0.15) is 93.3 Å². The molecule has 0 unspecified atom stereocenters. The molecule has 0 radical (unpaired) electrons. The van der Waals surface area contributed by atoms with Crippen LogP contribution in [0.4, 0.5) is 40.8 Å². The molecule has 8 N–H and O–H groups in total. The molecule has 7 heterocycles. The van der Waals surface area contributed by atoms with E-state index in [-0.39, 0.29) is 74.2 Å². The van der Waals surface area contributed by atoms with Crippen LogP contribution < -0.4 is 20.7 Å². The van der Waals surface area contributed by atoms with Crippen LogP contribution in [0.15, 0.2) is 350 Å². The van der Waals surface area contributed by atoms with Gasteiger partial charge < -0.3 is 44.5 Å². The first-order valence-electron chi connectivity index (χ1n) is 41.6. The van der Waals surface area contributed by atoms with Gasteiger partial charge in [-0.2, -0.15) is 8.42 Å². The third kappa shape index (κ3) is 26.7. The van der Waals surface area contributed by atoms with Crippen molar-refractivity contribution in [1.82, 2.24) is 34.9 Å². The molecule has 11 aromatic carbocycles. The molecule has 36 heteroatoms. The summed E-state index contributed by atoms with van der Waals surface area (Å²) in [6, 6.07) is 88.0. The van der Waals surface area contributed by atoms with Gasteiger partial charge >= 0.3 is 10.3 Å². The highest BCUT2D eigenvalue weighted by atomic mass is 32.2. The molecule has 0 aliphatic rings. The number of hydrogen-bond acceptors (Lipinski definition) is 30. The second-order valence-corrected chi connectivity index (χ2v) is 34.9. The van der Waals surface area contributed by atoms with Gasteiger partial charge in [0.05, 0.1) is 105 Å². The molecule has 686 valence electrons. The highest BCUT2D eigenvalue weighted by Crippen LogP contribution is 2.38. The van der Waals surface area contributed by atoms with Gasteiger partial charge in [-0.3, -0.25) is 39.6 Å². The van der Waals surface area contributed by atoms with Gasteiger partial charge in [-0.1, -0.05) is 232 Å². The number of rotatable bonds is 34. The lowest BCUT2D eigenvalue weighted by Gasteiger charge is -2.16. The molecule has 0 aliphatic heterocycles. The zero-order valence-corrected chi connectivity index (χ0v) is 76.1. The lowest BCUT2D eigenvalue weighted by atomic mass is 10.0. The van der Waals surface area contributed by atoms with Crippen molar-refractivity contribution in [1.29, 1.82) is 0 Å². The van der Waals surface area contributed by atoms with Crippen molar-refractivity contribution in [2.24, 2.45) is 4.99 Å². The van der Waals surface area contributed by atoms with Crippen molar-refractivity contribution in [3.63, 3.8) is 0 Å². The van der Waals surface area contributed by atoms with E-state index in [1.165, 1.54) is 47.7 Å². The van der Waals surface area contributed by atoms with Crippen molar-refractivity contribution in [3.8, 4) is 76.3 Å². The number of aromatic nitrogens is 7. The summed E-state index contributed by atoms with van der Waals surface area (Å²) in [5, 5.41) is 85.2. The fourth-order valence-corrected chi connectivity index (χ4v) is 18.1. The van der Waals surface area contributed by atoms with Gasteiger partial charge in [-0.15, -0.1) is 45.3 Å². The second-order valence-electron chi connectivity index (χ2n) is 30.1. The summed E-state index contributed by atoms with van der Waals surface area (Å²) < 4.78 is 51.2. The predicted molar refractivity (Wildman–Crippen MR) is 533 cm³/mol. The Labute approximate surface area is 801 Å². The topological polar surface area (TPSA) is 435 Å². The average Bonchev–Trinajstić information content (AvgIpc) is 1.68. The first-order valence-corrected chi connectivity index (χ1v) is 47.0. The predicted octanol–water partition coefficient (Wildman–Crippen LogP) is 23.8. The molecule has 18 aromatic rings. The van der Waals surface area contributed by atoms with E-state index in [1.807, 2.05) is 220 Å². The van der Waals surface area contributed by atoms with Crippen molar-refractivity contribution in [2.45, 2.75) is 77.1 Å². The normalized spacial score (nSPS) is 11.8. The lowest BCUT2D eigenvalue weighted by molar-refractivity contribution is -0.385. The first-order chi connectivity index (χ1) is 65.7. The SMILES string of the molecule is C.O=S(=O)(O)Nc1ccc(C[C@H](Nc2ncc(-c3cccc(CO)c3)o2)c2csc(-c3ccccc3)n2)cc1.O=[N+]([O-])c1ccc(C[C@H](N=C=S)c2csc(-c3ccccc3)n2)cc1.O=[N+]([O-])c1ccc(C[C@H](Nc2ncc(-c3cccc(CO)c3)o2)c2csc(-c3ccccc3)n2)cc1.O=[N+]([O-])c1ccc(C[C@H](Nc2ncc(-c3cccc(CO)c3)o2)c2csc(-c3ccccc3)n2)cc1. The number of nitro groups is 3. The van der Waals surface area contributed by atoms with Gasteiger partial charge in [0, 0.05) is 103 Å². The van der Waals surface area contributed by atoms with Crippen molar-refractivity contribution in [3.05, 3.63) is 423 Å². The van der Waals surface area contributed by atoms with Gasteiger partial charge in [0.15, 0.2) is 17.3 Å². The molecule has 0 fully saturated rings. The molecule has 0 saturated heterocycles. The second kappa shape index (κ2) is 46.8. The number of aliphatic hydroxyl groups excluding tert-OH is 3. The monoisotopic (exact) mass is 1930 g/mol. The Morgan fingerprint density at radius 3 is 0.919 bits per heavy atom.